The van der Waals surface area contributed by atoms with Gasteiger partial charge in [-0.15, -0.1) is 0 Å². The van der Waals surface area contributed by atoms with Gasteiger partial charge in [-0.2, -0.15) is 5.26 Å². The number of rotatable bonds is 1. The Balaban J connectivity index is 2.59. The van der Waals surface area contributed by atoms with E-state index in [1.54, 1.807) is 0 Å². The van der Waals surface area contributed by atoms with Crippen LogP contribution in [0.1, 0.15) is 5.56 Å². The second kappa shape index (κ2) is 4.35. The largest absolute Gasteiger partial charge is 0.421 e. The molecule has 0 N–H and O–H groups in total. The molecule has 0 saturated heterocycles. The van der Waals surface area contributed by atoms with Crippen LogP contribution < -0.4 is 10.5 Å². The zero-order valence-corrected chi connectivity index (χ0v) is 11.0. The van der Waals surface area contributed by atoms with Crippen LogP contribution in [0.4, 0.5) is 5.82 Å². The first-order valence-electron chi connectivity index (χ1n) is 6.06. The third kappa shape index (κ3) is 1.70. The Kier molecular flexibility index (Phi) is 2.65. The predicted molar refractivity (Wildman–Crippen MR) is 76.8 cm³/mol. The summed E-state index contributed by atoms with van der Waals surface area (Å²) in [7, 11) is 3.71. The molecule has 0 radical (unpaired) electrons. The SMILES string of the molecule is CN(C)c1nc2ccccc2c2oc(=O)c(C#N)cc12. The van der Waals surface area contributed by atoms with Gasteiger partial charge >= 0.3 is 5.63 Å². The van der Waals surface area contributed by atoms with Gasteiger partial charge in [-0.25, -0.2) is 9.78 Å². The summed E-state index contributed by atoms with van der Waals surface area (Å²) >= 11 is 0. The number of nitriles is 1. The average molecular weight is 265 g/mol. The molecule has 0 amide bonds. The van der Waals surface area contributed by atoms with Crippen LogP contribution in [-0.4, -0.2) is 19.1 Å². The highest BCUT2D eigenvalue weighted by molar-refractivity contribution is 6.06. The number of fused-ring (bicyclic) bond motifs is 3. The Hall–Kier alpha value is -2.87. The molecule has 0 aliphatic rings. The highest BCUT2D eigenvalue weighted by Crippen LogP contribution is 2.29. The lowest BCUT2D eigenvalue weighted by Gasteiger charge is -2.15. The molecule has 0 spiro atoms. The molecule has 3 aromatic rings. The van der Waals surface area contributed by atoms with Gasteiger partial charge in [0.15, 0.2) is 5.58 Å². The van der Waals surface area contributed by atoms with Crippen LogP contribution in [-0.2, 0) is 0 Å². The van der Waals surface area contributed by atoms with Gasteiger partial charge in [-0.05, 0) is 18.2 Å². The van der Waals surface area contributed by atoms with Gasteiger partial charge in [-0.3, -0.25) is 0 Å². The summed E-state index contributed by atoms with van der Waals surface area (Å²) in [6.45, 7) is 0. The molecule has 0 aliphatic carbocycles. The molecule has 2 heterocycles. The Labute approximate surface area is 114 Å². The number of para-hydroxylation sites is 1. The second-order valence-electron chi connectivity index (χ2n) is 4.65. The molecule has 1 aromatic carbocycles. The minimum Gasteiger partial charge on any atom is -0.421 e. The number of hydrogen-bond donors (Lipinski definition) is 0. The van der Waals surface area contributed by atoms with Gasteiger partial charge < -0.3 is 9.32 Å². The summed E-state index contributed by atoms with van der Waals surface area (Å²) in [5.41, 5.74) is 0.568. The van der Waals surface area contributed by atoms with Gasteiger partial charge in [0, 0.05) is 19.5 Å². The van der Waals surface area contributed by atoms with Crippen molar-refractivity contribution in [3.05, 3.63) is 46.3 Å². The zero-order chi connectivity index (χ0) is 14.3. The van der Waals surface area contributed by atoms with Gasteiger partial charge in [0.2, 0.25) is 0 Å². The third-order valence-electron chi connectivity index (χ3n) is 3.11. The molecule has 3 rings (SSSR count). The summed E-state index contributed by atoms with van der Waals surface area (Å²) in [6, 6.07) is 10.8. The molecule has 0 fully saturated rings. The minimum atomic E-state index is -0.624. The zero-order valence-electron chi connectivity index (χ0n) is 11.0. The van der Waals surface area contributed by atoms with Crippen molar-refractivity contribution in [1.29, 1.82) is 5.26 Å². The first-order valence-corrected chi connectivity index (χ1v) is 6.06. The van der Waals surface area contributed by atoms with Gasteiger partial charge in [0.1, 0.15) is 17.5 Å². The number of hydrogen-bond acceptors (Lipinski definition) is 5. The van der Waals surface area contributed by atoms with Crippen molar-refractivity contribution >= 4 is 27.7 Å². The Bertz CT molecular complexity index is 920. The molecule has 0 atom stereocenters. The van der Waals surface area contributed by atoms with Gasteiger partial charge in [0.05, 0.1) is 10.9 Å². The number of aromatic nitrogens is 1. The van der Waals surface area contributed by atoms with E-state index in [4.69, 9.17) is 9.68 Å². The van der Waals surface area contributed by atoms with Crippen molar-refractivity contribution in [3.8, 4) is 6.07 Å². The Morgan fingerprint density at radius 1 is 1.25 bits per heavy atom. The van der Waals surface area contributed by atoms with E-state index < -0.39 is 5.63 Å². The second-order valence-corrected chi connectivity index (χ2v) is 4.65. The molecular formula is C15H11N3O2. The van der Waals surface area contributed by atoms with E-state index in [1.807, 2.05) is 49.3 Å². The molecule has 98 valence electrons. The minimum absolute atomic E-state index is 0.0160. The van der Waals surface area contributed by atoms with Gasteiger partial charge in [-0.1, -0.05) is 12.1 Å². The van der Waals surface area contributed by atoms with Crippen molar-refractivity contribution in [1.82, 2.24) is 4.98 Å². The van der Waals surface area contributed by atoms with Crippen molar-refractivity contribution in [3.63, 3.8) is 0 Å². The third-order valence-corrected chi connectivity index (χ3v) is 3.11. The van der Waals surface area contributed by atoms with E-state index >= 15 is 0 Å². The molecular weight excluding hydrogens is 254 g/mol. The summed E-state index contributed by atoms with van der Waals surface area (Å²) < 4.78 is 5.34. The Morgan fingerprint density at radius 2 is 2.00 bits per heavy atom. The monoisotopic (exact) mass is 265 g/mol. The maximum Gasteiger partial charge on any atom is 0.354 e. The van der Waals surface area contributed by atoms with E-state index in [2.05, 4.69) is 4.98 Å². The summed E-state index contributed by atoms with van der Waals surface area (Å²) in [4.78, 5) is 18.2. The van der Waals surface area contributed by atoms with Crippen LogP contribution >= 0.6 is 0 Å². The molecule has 0 saturated carbocycles. The number of benzene rings is 1. The molecule has 5 heteroatoms. The molecule has 5 nitrogen and oxygen atoms in total. The summed E-state index contributed by atoms with van der Waals surface area (Å²) in [5, 5.41) is 10.4. The highest BCUT2D eigenvalue weighted by atomic mass is 16.4. The van der Waals surface area contributed by atoms with E-state index in [0.29, 0.717) is 16.8 Å². The molecule has 0 unspecified atom stereocenters. The highest BCUT2D eigenvalue weighted by Gasteiger charge is 2.14. The molecule has 20 heavy (non-hydrogen) atoms. The van der Waals surface area contributed by atoms with E-state index in [0.717, 1.165) is 10.9 Å². The topological polar surface area (TPSA) is 70.1 Å². The van der Waals surface area contributed by atoms with Crippen LogP contribution in [0.25, 0.3) is 21.9 Å². The fourth-order valence-electron chi connectivity index (χ4n) is 2.19. The maximum absolute atomic E-state index is 11.8. The molecule has 2 aromatic heterocycles. The number of pyridine rings is 1. The van der Waals surface area contributed by atoms with Crippen LogP contribution in [0.3, 0.4) is 0 Å². The Morgan fingerprint density at radius 3 is 2.70 bits per heavy atom. The number of nitrogens with zero attached hydrogens (tertiary/aromatic N) is 3. The fraction of sp³-hybridized carbons (Fsp3) is 0.133. The van der Waals surface area contributed by atoms with Crippen LogP contribution in [0, 0.1) is 11.3 Å². The first kappa shape index (κ1) is 12.2. The number of anilines is 1. The lowest BCUT2D eigenvalue weighted by atomic mass is 10.1. The predicted octanol–water partition coefficient (Wildman–Crippen LogP) is 2.28. The smallest absolute Gasteiger partial charge is 0.354 e. The first-order chi connectivity index (χ1) is 9.61. The van der Waals surface area contributed by atoms with Crippen LogP contribution in [0.5, 0.6) is 0 Å². The van der Waals surface area contributed by atoms with Crippen LogP contribution in [0.2, 0.25) is 0 Å². The van der Waals surface area contributed by atoms with E-state index in [1.165, 1.54) is 6.07 Å². The quantitative estimate of drug-likeness (QED) is 0.631. The maximum atomic E-state index is 11.8. The fourth-order valence-corrected chi connectivity index (χ4v) is 2.19. The van der Waals surface area contributed by atoms with Crippen molar-refractivity contribution in [2.24, 2.45) is 0 Å². The molecule has 0 bridgehead atoms. The lowest BCUT2D eigenvalue weighted by Crippen LogP contribution is -2.13. The van der Waals surface area contributed by atoms with Crippen molar-refractivity contribution in [2.75, 3.05) is 19.0 Å². The van der Waals surface area contributed by atoms with E-state index in [-0.39, 0.29) is 5.56 Å². The van der Waals surface area contributed by atoms with Gasteiger partial charge in [0.25, 0.3) is 0 Å². The lowest BCUT2D eigenvalue weighted by molar-refractivity contribution is 0.561. The standard InChI is InChI=1S/C15H11N3O2/c1-18(2)14-11-7-9(8-16)15(19)20-13(11)10-5-3-4-6-12(10)17-14/h3-7H,1-2H3. The van der Waals surface area contributed by atoms with Crippen molar-refractivity contribution in [2.45, 2.75) is 0 Å². The van der Waals surface area contributed by atoms with Crippen LogP contribution in [0.15, 0.2) is 39.5 Å². The van der Waals surface area contributed by atoms with E-state index in [9.17, 15) is 4.79 Å². The molecule has 0 aliphatic heterocycles. The summed E-state index contributed by atoms with van der Waals surface area (Å²) in [6.07, 6.45) is 0. The normalized spacial score (nSPS) is 10.7. The van der Waals surface area contributed by atoms with Crippen molar-refractivity contribution < 1.29 is 4.42 Å². The summed E-state index contributed by atoms with van der Waals surface area (Å²) in [5.74, 6) is 0.666. The average Bonchev–Trinajstić information content (AvgIpc) is 2.45.